The van der Waals surface area contributed by atoms with E-state index in [0.717, 1.165) is 24.1 Å². The lowest BCUT2D eigenvalue weighted by Gasteiger charge is -2.42. The lowest BCUT2D eigenvalue weighted by atomic mass is 9.86. The summed E-state index contributed by atoms with van der Waals surface area (Å²) in [5.41, 5.74) is 0. The number of likely N-dealkylation sites (tertiary alicyclic amines) is 1. The fourth-order valence-electron chi connectivity index (χ4n) is 2.34. The quantitative estimate of drug-likeness (QED) is 0.605. The molecule has 0 aromatic rings. The zero-order valence-electron chi connectivity index (χ0n) is 10.8. The molecule has 16 heavy (non-hydrogen) atoms. The first kappa shape index (κ1) is 13.7. The molecule has 3 unspecified atom stereocenters. The monoisotopic (exact) mass is 244 g/mol. The Kier molecular flexibility index (Phi) is 5.49. The summed E-state index contributed by atoms with van der Waals surface area (Å²) in [5, 5.41) is 4.13. The summed E-state index contributed by atoms with van der Waals surface area (Å²) in [5.74, 6) is 1.44. The van der Waals surface area contributed by atoms with Gasteiger partial charge in [-0.15, -0.1) is 0 Å². The van der Waals surface area contributed by atoms with Crippen LogP contribution < -0.4 is 5.32 Å². The van der Waals surface area contributed by atoms with Gasteiger partial charge in [0.25, 0.3) is 0 Å². The van der Waals surface area contributed by atoms with Gasteiger partial charge in [0, 0.05) is 26.2 Å². The molecule has 1 heterocycles. The highest BCUT2D eigenvalue weighted by molar-refractivity contribution is 7.80. The molecule has 4 heteroatoms. The van der Waals surface area contributed by atoms with Crippen molar-refractivity contribution >= 4 is 17.3 Å². The topological polar surface area (TPSA) is 24.5 Å². The highest BCUT2D eigenvalue weighted by Gasteiger charge is 2.29. The van der Waals surface area contributed by atoms with Gasteiger partial charge < -0.3 is 15.0 Å². The van der Waals surface area contributed by atoms with Gasteiger partial charge in [0.05, 0.1) is 6.61 Å². The van der Waals surface area contributed by atoms with Crippen LogP contribution in [-0.2, 0) is 4.74 Å². The Morgan fingerprint density at radius 3 is 2.75 bits per heavy atom. The van der Waals surface area contributed by atoms with Gasteiger partial charge in [-0.2, -0.15) is 0 Å². The molecule has 0 spiro atoms. The molecule has 0 aromatic carbocycles. The maximum atomic E-state index is 5.43. The lowest BCUT2D eigenvalue weighted by Crippen LogP contribution is -2.52. The summed E-state index contributed by atoms with van der Waals surface area (Å²) in [6, 6.07) is 0.541. The number of thiocarbonyl (C=S) groups is 1. The van der Waals surface area contributed by atoms with Gasteiger partial charge in [0.2, 0.25) is 0 Å². The highest BCUT2D eigenvalue weighted by Crippen LogP contribution is 2.26. The molecule has 1 rings (SSSR count). The zero-order chi connectivity index (χ0) is 12.1. The molecular weight excluding hydrogens is 220 g/mol. The van der Waals surface area contributed by atoms with E-state index in [1.54, 1.807) is 7.11 Å². The molecule has 0 amide bonds. The normalized spacial score (nSPS) is 30.2. The van der Waals surface area contributed by atoms with Crippen molar-refractivity contribution in [1.82, 2.24) is 10.2 Å². The van der Waals surface area contributed by atoms with Crippen molar-refractivity contribution in [1.29, 1.82) is 0 Å². The SMILES string of the molecule is COCCNC(=S)N1CC(C)CC(C)C1C. The van der Waals surface area contributed by atoms with E-state index in [9.17, 15) is 0 Å². The average Bonchev–Trinajstić information content (AvgIpc) is 2.23. The minimum absolute atomic E-state index is 0.541. The molecule has 94 valence electrons. The first-order valence-corrected chi connectivity index (χ1v) is 6.50. The predicted molar refractivity (Wildman–Crippen MR) is 71.6 cm³/mol. The number of nitrogens with zero attached hydrogens (tertiary/aromatic N) is 1. The molecule has 1 N–H and O–H groups in total. The Morgan fingerprint density at radius 2 is 2.12 bits per heavy atom. The second kappa shape index (κ2) is 6.40. The molecule has 3 nitrogen and oxygen atoms in total. The van der Waals surface area contributed by atoms with E-state index in [4.69, 9.17) is 17.0 Å². The first-order valence-electron chi connectivity index (χ1n) is 6.09. The second-order valence-electron chi connectivity index (χ2n) is 4.94. The minimum Gasteiger partial charge on any atom is -0.383 e. The maximum absolute atomic E-state index is 5.43. The summed E-state index contributed by atoms with van der Waals surface area (Å²) in [6.45, 7) is 9.44. The summed E-state index contributed by atoms with van der Waals surface area (Å²) in [7, 11) is 1.71. The number of hydrogen-bond donors (Lipinski definition) is 1. The van der Waals surface area contributed by atoms with Gasteiger partial charge >= 0.3 is 0 Å². The molecule has 0 aliphatic carbocycles. The van der Waals surface area contributed by atoms with Crippen molar-refractivity contribution in [3.63, 3.8) is 0 Å². The van der Waals surface area contributed by atoms with E-state index in [1.807, 2.05) is 0 Å². The van der Waals surface area contributed by atoms with Crippen LogP contribution in [0.1, 0.15) is 27.2 Å². The van der Waals surface area contributed by atoms with Gasteiger partial charge in [0.15, 0.2) is 5.11 Å². The Morgan fingerprint density at radius 1 is 1.44 bits per heavy atom. The molecule has 1 aliphatic heterocycles. The highest BCUT2D eigenvalue weighted by atomic mass is 32.1. The number of rotatable bonds is 3. The third-order valence-electron chi connectivity index (χ3n) is 3.44. The summed E-state index contributed by atoms with van der Waals surface area (Å²) in [4.78, 5) is 2.32. The fourth-order valence-corrected chi connectivity index (χ4v) is 2.69. The summed E-state index contributed by atoms with van der Waals surface area (Å²) >= 11 is 5.43. The number of ether oxygens (including phenoxy) is 1. The molecule has 0 aromatic heterocycles. The van der Waals surface area contributed by atoms with Gasteiger partial charge in [-0.3, -0.25) is 0 Å². The number of piperidine rings is 1. The van der Waals surface area contributed by atoms with Crippen molar-refractivity contribution < 1.29 is 4.74 Å². The molecule has 0 radical (unpaired) electrons. The summed E-state index contributed by atoms with van der Waals surface area (Å²) < 4.78 is 5.01. The van der Waals surface area contributed by atoms with Crippen molar-refractivity contribution in [2.75, 3.05) is 26.8 Å². The van der Waals surface area contributed by atoms with E-state index < -0.39 is 0 Å². The largest absolute Gasteiger partial charge is 0.383 e. The minimum atomic E-state index is 0.541. The smallest absolute Gasteiger partial charge is 0.169 e. The third kappa shape index (κ3) is 3.59. The third-order valence-corrected chi connectivity index (χ3v) is 3.82. The Balaban J connectivity index is 2.46. The average molecular weight is 244 g/mol. The molecule has 0 bridgehead atoms. The van der Waals surface area contributed by atoms with Crippen molar-refractivity contribution in [3.05, 3.63) is 0 Å². The number of hydrogen-bond acceptors (Lipinski definition) is 2. The summed E-state index contributed by atoms with van der Waals surface area (Å²) in [6.07, 6.45) is 1.30. The van der Waals surface area contributed by atoms with Crippen LogP contribution in [0.5, 0.6) is 0 Å². The molecule has 1 fully saturated rings. The maximum Gasteiger partial charge on any atom is 0.169 e. The number of methoxy groups -OCH3 is 1. The van der Waals surface area contributed by atoms with Crippen LogP contribution in [0.3, 0.4) is 0 Å². The van der Waals surface area contributed by atoms with Gasteiger partial charge in [-0.1, -0.05) is 13.8 Å². The van der Waals surface area contributed by atoms with Crippen LogP contribution in [0.2, 0.25) is 0 Å². The Bertz CT molecular complexity index is 235. The Labute approximate surface area is 105 Å². The molecule has 0 saturated carbocycles. The van der Waals surface area contributed by atoms with Crippen molar-refractivity contribution in [2.45, 2.75) is 33.2 Å². The Hall–Kier alpha value is -0.350. The van der Waals surface area contributed by atoms with Gasteiger partial charge in [0.1, 0.15) is 0 Å². The van der Waals surface area contributed by atoms with Gasteiger partial charge in [-0.05, 0) is 37.4 Å². The first-order chi connectivity index (χ1) is 7.56. The van der Waals surface area contributed by atoms with Crippen molar-refractivity contribution in [2.24, 2.45) is 11.8 Å². The predicted octanol–water partition coefficient (Wildman–Crippen LogP) is 1.87. The second-order valence-corrected chi connectivity index (χ2v) is 5.32. The number of nitrogens with one attached hydrogen (secondary N) is 1. The molecule has 3 atom stereocenters. The van der Waals surface area contributed by atoms with Crippen LogP contribution in [0.4, 0.5) is 0 Å². The van der Waals surface area contributed by atoms with E-state index in [2.05, 4.69) is 31.0 Å². The van der Waals surface area contributed by atoms with Crippen LogP contribution in [-0.4, -0.2) is 42.9 Å². The van der Waals surface area contributed by atoms with Gasteiger partial charge in [-0.25, -0.2) is 0 Å². The fraction of sp³-hybridized carbons (Fsp3) is 0.917. The molecular formula is C12H24N2OS. The van der Waals surface area contributed by atoms with E-state index in [0.29, 0.717) is 18.6 Å². The van der Waals surface area contributed by atoms with Crippen LogP contribution in [0.25, 0.3) is 0 Å². The zero-order valence-corrected chi connectivity index (χ0v) is 11.6. The van der Waals surface area contributed by atoms with E-state index in [1.165, 1.54) is 6.42 Å². The van der Waals surface area contributed by atoms with E-state index in [-0.39, 0.29) is 0 Å². The van der Waals surface area contributed by atoms with Crippen LogP contribution in [0.15, 0.2) is 0 Å². The lowest BCUT2D eigenvalue weighted by molar-refractivity contribution is 0.144. The molecule has 1 aliphatic rings. The van der Waals surface area contributed by atoms with E-state index >= 15 is 0 Å². The molecule has 1 saturated heterocycles. The van der Waals surface area contributed by atoms with Crippen LogP contribution >= 0.6 is 12.2 Å². The van der Waals surface area contributed by atoms with Crippen LogP contribution in [0, 0.1) is 11.8 Å². The van der Waals surface area contributed by atoms with Crippen molar-refractivity contribution in [3.8, 4) is 0 Å². The standard InChI is InChI=1S/C12H24N2OS/c1-9-7-10(2)11(3)14(8-9)12(16)13-5-6-15-4/h9-11H,5-8H2,1-4H3,(H,13,16).